The molecule has 0 unspecified atom stereocenters. The monoisotopic (exact) mass is 204 g/mol. The molecule has 0 aromatic rings. The molecule has 0 atom stereocenters. The molecule has 2 N–H and O–H groups in total. The van der Waals surface area contributed by atoms with E-state index in [9.17, 15) is 9.59 Å². The van der Waals surface area contributed by atoms with Gasteiger partial charge in [0.1, 0.15) is 13.5 Å². The summed E-state index contributed by atoms with van der Waals surface area (Å²) in [6, 6.07) is 0. The summed E-state index contributed by atoms with van der Waals surface area (Å²) in [5.74, 6) is -0.539. The third-order valence-electron chi connectivity index (χ3n) is 1.87. The normalized spacial score (nSPS) is 9.71. The zero-order chi connectivity index (χ0) is 11.1. The molecule has 0 aromatic carbocycles. The number of rotatable bonds is 5. The van der Waals surface area contributed by atoms with Crippen LogP contribution >= 0.6 is 0 Å². The van der Waals surface area contributed by atoms with Crippen molar-refractivity contribution in [3.63, 3.8) is 0 Å². The molecular weight excluding hydrogens is 188 g/mol. The molecular formula is C8H16N2O4. The summed E-state index contributed by atoms with van der Waals surface area (Å²) >= 11 is 0. The largest absolute Gasteiger partial charge is 0.376 e. The molecule has 0 rings (SSSR count). The Morgan fingerprint density at radius 3 is 1.36 bits per heavy atom. The average molecular weight is 204 g/mol. The molecule has 6 heteroatoms. The van der Waals surface area contributed by atoms with Crippen LogP contribution < -0.4 is 0 Å². The van der Waals surface area contributed by atoms with Gasteiger partial charge in [0.15, 0.2) is 0 Å². The van der Waals surface area contributed by atoms with Gasteiger partial charge in [0.25, 0.3) is 0 Å². The lowest BCUT2D eigenvalue weighted by Gasteiger charge is -2.23. The Balaban J connectivity index is 4.00. The molecule has 0 bridgehead atoms. The van der Waals surface area contributed by atoms with E-state index in [2.05, 4.69) is 0 Å². The van der Waals surface area contributed by atoms with Crippen LogP contribution in [0.25, 0.3) is 0 Å². The van der Waals surface area contributed by atoms with Crippen molar-refractivity contribution in [2.24, 2.45) is 0 Å². The van der Waals surface area contributed by atoms with E-state index in [4.69, 9.17) is 10.2 Å². The molecule has 82 valence electrons. The van der Waals surface area contributed by atoms with E-state index in [1.165, 1.54) is 23.6 Å². The number of carbonyl (C=O) groups is 2. The summed E-state index contributed by atoms with van der Waals surface area (Å²) in [5.41, 5.74) is 0. The predicted molar refractivity (Wildman–Crippen MR) is 48.9 cm³/mol. The fourth-order valence-electron chi connectivity index (χ4n) is 0.897. The number of aliphatic hydroxyl groups is 2. The first-order chi connectivity index (χ1) is 6.52. The second-order valence-electron chi connectivity index (χ2n) is 2.85. The van der Waals surface area contributed by atoms with Crippen molar-refractivity contribution in [1.82, 2.24) is 9.80 Å². The van der Waals surface area contributed by atoms with Crippen LogP contribution in [0.2, 0.25) is 0 Å². The smallest absolute Gasteiger partial charge is 0.221 e. The Hall–Kier alpha value is -1.14. The lowest BCUT2D eigenvalue weighted by atomic mass is 10.4. The Bertz CT molecular complexity index is 186. The van der Waals surface area contributed by atoms with E-state index < -0.39 is 0 Å². The third kappa shape index (κ3) is 4.20. The summed E-state index contributed by atoms with van der Waals surface area (Å²) in [6.07, 6.45) is 0. The highest BCUT2D eigenvalue weighted by atomic mass is 16.3. The Morgan fingerprint density at radius 2 is 1.21 bits per heavy atom. The van der Waals surface area contributed by atoms with Crippen LogP contribution in [-0.4, -0.2) is 58.4 Å². The van der Waals surface area contributed by atoms with Gasteiger partial charge in [-0.05, 0) is 0 Å². The minimum absolute atomic E-state index is 0.214. The van der Waals surface area contributed by atoms with E-state index in [1.54, 1.807) is 0 Å². The van der Waals surface area contributed by atoms with Crippen LogP contribution in [0.15, 0.2) is 0 Å². The lowest BCUT2D eigenvalue weighted by molar-refractivity contribution is -0.137. The van der Waals surface area contributed by atoms with Crippen molar-refractivity contribution in [1.29, 1.82) is 0 Å². The van der Waals surface area contributed by atoms with Crippen molar-refractivity contribution in [3.05, 3.63) is 0 Å². The minimum atomic E-state index is -0.382. The fraction of sp³-hybridized carbons (Fsp3) is 0.750. The molecule has 0 saturated carbocycles. The Morgan fingerprint density at radius 1 is 0.929 bits per heavy atom. The van der Waals surface area contributed by atoms with Gasteiger partial charge in [-0.2, -0.15) is 0 Å². The highest BCUT2D eigenvalue weighted by molar-refractivity contribution is 5.74. The molecule has 14 heavy (non-hydrogen) atoms. The van der Waals surface area contributed by atoms with Gasteiger partial charge in [0.2, 0.25) is 11.8 Å². The summed E-state index contributed by atoms with van der Waals surface area (Å²) in [7, 11) is 0. The van der Waals surface area contributed by atoms with Crippen LogP contribution in [-0.2, 0) is 9.59 Å². The molecule has 0 aliphatic carbocycles. The topological polar surface area (TPSA) is 81.1 Å². The first-order valence-electron chi connectivity index (χ1n) is 4.25. The van der Waals surface area contributed by atoms with Crippen LogP contribution in [0.4, 0.5) is 0 Å². The molecule has 2 amide bonds. The van der Waals surface area contributed by atoms with E-state index in [0.29, 0.717) is 0 Å². The molecule has 0 saturated heterocycles. The zero-order valence-electron chi connectivity index (χ0n) is 8.43. The van der Waals surface area contributed by atoms with Crippen LogP contribution in [0, 0.1) is 0 Å². The van der Waals surface area contributed by atoms with Crippen molar-refractivity contribution in [2.75, 3.05) is 26.6 Å². The maximum Gasteiger partial charge on any atom is 0.221 e. The number of aliphatic hydroxyl groups excluding tert-OH is 2. The highest BCUT2D eigenvalue weighted by Crippen LogP contribution is 1.92. The zero-order valence-corrected chi connectivity index (χ0v) is 8.43. The molecule has 0 heterocycles. The Labute approximate surface area is 82.7 Å². The Kier molecular flexibility index (Phi) is 5.82. The number of carbonyl (C=O) groups excluding carboxylic acids is 2. The van der Waals surface area contributed by atoms with E-state index >= 15 is 0 Å². The van der Waals surface area contributed by atoms with Crippen molar-refractivity contribution in [2.45, 2.75) is 13.8 Å². The van der Waals surface area contributed by atoms with Gasteiger partial charge in [-0.1, -0.05) is 0 Å². The first kappa shape index (κ1) is 12.9. The maximum absolute atomic E-state index is 10.8. The summed E-state index contributed by atoms with van der Waals surface area (Å²) in [6.45, 7) is 2.32. The molecule has 0 aliphatic rings. The van der Waals surface area contributed by atoms with Crippen molar-refractivity contribution < 1.29 is 19.8 Å². The number of hydrogen-bond donors (Lipinski definition) is 2. The van der Waals surface area contributed by atoms with Crippen LogP contribution in [0.5, 0.6) is 0 Å². The summed E-state index contributed by atoms with van der Waals surface area (Å²) < 4.78 is 0. The lowest BCUT2D eigenvalue weighted by Crippen LogP contribution is -2.40. The predicted octanol–water partition coefficient (Wildman–Crippen LogP) is -1.42. The van der Waals surface area contributed by atoms with Crippen LogP contribution in [0.1, 0.15) is 13.8 Å². The van der Waals surface area contributed by atoms with Crippen molar-refractivity contribution in [3.8, 4) is 0 Å². The van der Waals surface area contributed by atoms with E-state index in [-0.39, 0.29) is 38.4 Å². The standard InChI is InChI=1S/C8H16N2O4/c1-7(13)9(5-11)3-4-10(6-12)8(2)14/h11-12H,3-6H2,1-2H3. The highest BCUT2D eigenvalue weighted by Gasteiger charge is 2.11. The van der Waals surface area contributed by atoms with E-state index in [0.717, 1.165) is 0 Å². The van der Waals surface area contributed by atoms with Gasteiger partial charge in [-0.15, -0.1) is 0 Å². The fourth-order valence-corrected chi connectivity index (χ4v) is 0.897. The molecule has 6 nitrogen and oxygen atoms in total. The molecule has 0 aromatic heterocycles. The second kappa shape index (κ2) is 6.33. The SMILES string of the molecule is CC(=O)N(CO)CCN(CO)C(C)=O. The summed E-state index contributed by atoms with van der Waals surface area (Å²) in [4.78, 5) is 24.0. The molecule has 0 spiro atoms. The molecule has 0 aliphatic heterocycles. The van der Waals surface area contributed by atoms with Gasteiger partial charge >= 0.3 is 0 Å². The first-order valence-corrected chi connectivity index (χ1v) is 4.25. The van der Waals surface area contributed by atoms with Gasteiger partial charge < -0.3 is 20.0 Å². The number of nitrogens with zero attached hydrogens (tertiary/aromatic N) is 2. The third-order valence-corrected chi connectivity index (χ3v) is 1.87. The number of hydrogen-bond acceptors (Lipinski definition) is 4. The van der Waals surface area contributed by atoms with Crippen LogP contribution in [0.3, 0.4) is 0 Å². The number of amides is 2. The quantitative estimate of drug-likeness (QED) is 0.539. The van der Waals surface area contributed by atoms with Gasteiger partial charge in [0.05, 0.1) is 0 Å². The minimum Gasteiger partial charge on any atom is -0.376 e. The van der Waals surface area contributed by atoms with E-state index in [1.807, 2.05) is 0 Å². The van der Waals surface area contributed by atoms with Gasteiger partial charge in [-0.3, -0.25) is 9.59 Å². The van der Waals surface area contributed by atoms with Gasteiger partial charge in [0, 0.05) is 26.9 Å². The molecule has 0 fully saturated rings. The molecule has 0 radical (unpaired) electrons. The maximum atomic E-state index is 10.8. The average Bonchev–Trinajstić information content (AvgIpc) is 2.11. The van der Waals surface area contributed by atoms with Gasteiger partial charge in [-0.25, -0.2) is 0 Å². The summed E-state index contributed by atoms with van der Waals surface area (Å²) in [5, 5.41) is 17.5. The second-order valence-corrected chi connectivity index (χ2v) is 2.85. The van der Waals surface area contributed by atoms with Crippen molar-refractivity contribution >= 4 is 11.8 Å².